The molecule has 7 nitrogen and oxygen atoms in total. The average molecular weight is 379 g/mol. The Labute approximate surface area is 162 Å². The maximum atomic E-state index is 12.4. The molecule has 1 N–H and O–H groups in total. The Balaban J connectivity index is 1.61. The first kappa shape index (κ1) is 19.3. The first-order valence-electron chi connectivity index (χ1n) is 8.85. The van der Waals surface area contributed by atoms with Crippen molar-refractivity contribution in [3.63, 3.8) is 0 Å². The molecule has 1 heterocycles. The molecule has 2 aromatic carbocycles. The molecule has 3 rings (SSSR count). The zero-order chi connectivity index (χ0) is 20.4. The topological polar surface area (TPSA) is 86.8 Å². The minimum Gasteiger partial charge on any atom is -0.335 e. The molecule has 0 aliphatic carbocycles. The number of fused-ring (bicyclic) bond motifs is 1. The number of carbonyl (C=O) groups excluding carboxylic acids is 4. The molecular weight excluding hydrogens is 358 g/mol. The highest BCUT2D eigenvalue weighted by molar-refractivity contribution is 6.22. The third-order valence-electron chi connectivity index (χ3n) is 4.86. The maximum Gasteiger partial charge on any atom is 0.262 e. The summed E-state index contributed by atoms with van der Waals surface area (Å²) in [6.45, 7) is 3.26. The molecule has 0 atom stereocenters. The lowest BCUT2D eigenvalue weighted by Gasteiger charge is -2.20. The SMILES string of the molecule is Cc1cccc(NC(=O)CN(C)C(=O)CN2C(=O)c3ccccc3C2=O)c1C. The molecule has 144 valence electrons. The van der Waals surface area contributed by atoms with Crippen molar-refractivity contribution in [1.82, 2.24) is 9.80 Å². The molecule has 1 aliphatic rings. The van der Waals surface area contributed by atoms with E-state index in [4.69, 9.17) is 0 Å². The summed E-state index contributed by atoms with van der Waals surface area (Å²) in [5, 5.41) is 2.78. The number of hydrogen-bond acceptors (Lipinski definition) is 4. The van der Waals surface area contributed by atoms with Crippen molar-refractivity contribution in [2.45, 2.75) is 13.8 Å². The monoisotopic (exact) mass is 379 g/mol. The summed E-state index contributed by atoms with van der Waals surface area (Å²) in [6.07, 6.45) is 0. The van der Waals surface area contributed by atoms with E-state index in [1.54, 1.807) is 30.3 Å². The number of nitrogens with one attached hydrogen (secondary N) is 1. The van der Waals surface area contributed by atoms with Crippen molar-refractivity contribution in [2.75, 3.05) is 25.5 Å². The van der Waals surface area contributed by atoms with Gasteiger partial charge in [-0.25, -0.2) is 0 Å². The highest BCUT2D eigenvalue weighted by Crippen LogP contribution is 2.22. The van der Waals surface area contributed by atoms with Crippen molar-refractivity contribution < 1.29 is 19.2 Å². The van der Waals surface area contributed by atoms with E-state index in [1.165, 1.54) is 11.9 Å². The van der Waals surface area contributed by atoms with Gasteiger partial charge in [0.25, 0.3) is 11.8 Å². The van der Waals surface area contributed by atoms with E-state index >= 15 is 0 Å². The van der Waals surface area contributed by atoms with Gasteiger partial charge in [-0.3, -0.25) is 24.1 Å². The van der Waals surface area contributed by atoms with E-state index in [1.807, 2.05) is 26.0 Å². The van der Waals surface area contributed by atoms with Gasteiger partial charge in [0, 0.05) is 12.7 Å². The van der Waals surface area contributed by atoms with Crippen molar-refractivity contribution >= 4 is 29.3 Å². The number of carbonyl (C=O) groups is 4. The van der Waals surface area contributed by atoms with Gasteiger partial charge in [-0.2, -0.15) is 0 Å². The smallest absolute Gasteiger partial charge is 0.262 e. The molecule has 0 bridgehead atoms. The number of anilines is 1. The van der Waals surface area contributed by atoms with Crippen LogP contribution in [-0.2, 0) is 9.59 Å². The van der Waals surface area contributed by atoms with Gasteiger partial charge in [-0.05, 0) is 43.2 Å². The van der Waals surface area contributed by atoms with Crippen LogP contribution in [-0.4, -0.2) is 53.6 Å². The predicted octanol–water partition coefficient (Wildman–Crippen LogP) is 2.00. The van der Waals surface area contributed by atoms with Crippen LogP contribution < -0.4 is 5.32 Å². The molecule has 0 aromatic heterocycles. The Morgan fingerprint density at radius 2 is 1.57 bits per heavy atom. The van der Waals surface area contributed by atoms with Crippen molar-refractivity contribution in [3.8, 4) is 0 Å². The molecule has 0 saturated heterocycles. The number of rotatable bonds is 5. The van der Waals surface area contributed by atoms with E-state index in [0.29, 0.717) is 5.69 Å². The summed E-state index contributed by atoms with van der Waals surface area (Å²) in [6, 6.07) is 12.0. The van der Waals surface area contributed by atoms with E-state index in [-0.39, 0.29) is 23.6 Å². The van der Waals surface area contributed by atoms with Gasteiger partial charge in [0.2, 0.25) is 11.8 Å². The number of imide groups is 1. The lowest BCUT2D eigenvalue weighted by molar-refractivity contribution is -0.133. The first-order valence-corrected chi connectivity index (χ1v) is 8.85. The lowest BCUT2D eigenvalue weighted by Crippen LogP contribution is -2.43. The Hall–Kier alpha value is -3.48. The molecular formula is C21H21N3O4. The molecule has 0 unspecified atom stereocenters. The van der Waals surface area contributed by atoms with E-state index < -0.39 is 24.3 Å². The zero-order valence-electron chi connectivity index (χ0n) is 16.0. The maximum absolute atomic E-state index is 12.4. The van der Waals surface area contributed by atoms with Gasteiger partial charge >= 0.3 is 0 Å². The van der Waals surface area contributed by atoms with Gasteiger partial charge in [0.1, 0.15) is 6.54 Å². The van der Waals surface area contributed by atoms with Crippen LogP contribution in [0.4, 0.5) is 5.69 Å². The summed E-state index contributed by atoms with van der Waals surface area (Å²) in [5.41, 5.74) is 3.26. The number of likely N-dealkylation sites (N-methyl/N-ethyl adjacent to an activating group) is 1. The minimum atomic E-state index is -0.498. The highest BCUT2D eigenvalue weighted by Gasteiger charge is 2.36. The normalized spacial score (nSPS) is 12.8. The van der Waals surface area contributed by atoms with Gasteiger partial charge in [0.15, 0.2) is 0 Å². The second-order valence-electron chi connectivity index (χ2n) is 6.79. The van der Waals surface area contributed by atoms with E-state index in [9.17, 15) is 19.2 Å². The Morgan fingerprint density at radius 3 is 2.18 bits per heavy atom. The fourth-order valence-electron chi connectivity index (χ4n) is 3.02. The van der Waals surface area contributed by atoms with Gasteiger partial charge in [-0.15, -0.1) is 0 Å². The van der Waals surface area contributed by atoms with Crippen molar-refractivity contribution in [1.29, 1.82) is 0 Å². The number of hydrogen-bond donors (Lipinski definition) is 1. The summed E-state index contributed by atoms with van der Waals surface area (Å²) in [5.74, 6) is -1.85. The number of benzene rings is 2. The molecule has 1 aliphatic heterocycles. The summed E-state index contributed by atoms with van der Waals surface area (Å²) >= 11 is 0. The van der Waals surface area contributed by atoms with Crippen LogP contribution >= 0.6 is 0 Å². The van der Waals surface area contributed by atoms with Crippen LogP contribution in [0, 0.1) is 13.8 Å². The summed E-state index contributed by atoms with van der Waals surface area (Å²) < 4.78 is 0. The van der Waals surface area contributed by atoms with Crippen molar-refractivity contribution in [2.24, 2.45) is 0 Å². The summed E-state index contributed by atoms with van der Waals surface area (Å²) in [7, 11) is 1.46. The van der Waals surface area contributed by atoms with Crippen LogP contribution in [0.2, 0.25) is 0 Å². The zero-order valence-corrected chi connectivity index (χ0v) is 16.0. The second kappa shape index (κ2) is 7.64. The third kappa shape index (κ3) is 3.64. The summed E-state index contributed by atoms with van der Waals surface area (Å²) in [4.78, 5) is 51.5. The van der Waals surface area contributed by atoms with Crippen molar-refractivity contribution in [3.05, 3.63) is 64.7 Å². The molecule has 2 aromatic rings. The number of aryl methyl sites for hydroxylation is 1. The van der Waals surface area contributed by atoms with Crippen LogP contribution in [0.25, 0.3) is 0 Å². The molecule has 0 spiro atoms. The number of amides is 4. The Kier molecular flexibility index (Phi) is 5.26. The fourth-order valence-corrected chi connectivity index (χ4v) is 3.02. The Morgan fingerprint density at radius 1 is 0.964 bits per heavy atom. The standard InChI is InChI=1S/C21H21N3O4/c1-13-7-6-10-17(14(13)2)22-18(25)11-23(3)19(26)12-24-20(27)15-8-4-5-9-16(15)21(24)28/h4-10H,11-12H2,1-3H3,(H,22,25). The second-order valence-corrected chi connectivity index (χ2v) is 6.79. The van der Waals surface area contributed by atoms with Gasteiger partial charge in [0.05, 0.1) is 17.7 Å². The first-order chi connectivity index (χ1) is 13.3. The quantitative estimate of drug-likeness (QED) is 0.805. The van der Waals surface area contributed by atoms with E-state index in [0.717, 1.165) is 16.0 Å². The molecule has 4 amide bonds. The predicted molar refractivity (Wildman–Crippen MR) is 104 cm³/mol. The largest absolute Gasteiger partial charge is 0.335 e. The molecule has 0 fully saturated rings. The molecule has 7 heteroatoms. The van der Waals surface area contributed by atoms with E-state index in [2.05, 4.69) is 5.32 Å². The van der Waals surface area contributed by atoms with Gasteiger partial charge in [-0.1, -0.05) is 24.3 Å². The Bertz CT molecular complexity index is 948. The van der Waals surface area contributed by atoms with Gasteiger partial charge < -0.3 is 10.2 Å². The number of nitrogens with zero attached hydrogens (tertiary/aromatic N) is 2. The lowest BCUT2D eigenvalue weighted by atomic mass is 10.1. The van der Waals surface area contributed by atoms with Crippen LogP contribution in [0.3, 0.4) is 0 Å². The third-order valence-corrected chi connectivity index (χ3v) is 4.86. The molecule has 0 radical (unpaired) electrons. The fraction of sp³-hybridized carbons (Fsp3) is 0.238. The molecule has 0 saturated carbocycles. The highest BCUT2D eigenvalue weighted by atomic mass is 16.2. The van der Waals surface area contributed by atoms with Crippen LogP contribution in [0.15, 0.2) is 42.5 Å². The minimum absolute atomic E-state index is 0.185. The molecule has 28 heavy (non-hydrogen) atoms. The van der Waals surface area contributed by atoms with Crippen LogP contribution in [0.5, 0.6) is 0 Å². The average Bonchev–Trinajstić information content (AvgIpc) is 2.90. The van der Waals surface area contributed by atoms with Crippen LogP contribution in [0.1, 0.15) is 31.8 Å².